The molecule has 0 amide bonds. The highest BCUT2D eigenvalue weighted by Crippen LogP contribution is 2.46. The lowest BCUT2D eigenvalue weighted by atomic mass is 9.74. The fourth-order valence-electron chi connectivity index (χ4n) is 12.6. The number of ether oxygens (including phenoxy) is 14. The number of oxime groups is 1. The van der Waals surface area contributed by atoms with E-state index in [-0.39, 0.29) is 66.2 Å². The van der Waals surface area contributed by atoms with Crippen LogP contribution in [0.1, 0.15) is 117 Å². The van der Waals surface area contributed by atoms with Gasteiger partial charge in [0.1, 0.15) is 71.3 Å². The number of rotatable bonds is 22. The third-order valence-electron chi connectivity index (χ3n) is 17.0. The molecule has 5 fully saturated rings. The van der Waals surface area contributed by atoms with Crippen molar-refractivity contribution >= 4 is 40.2 Å². The molecule has 0 saturated carbocycles. The minimum Gasteiger partial charge on any atom is -0.507 e. The smallest absolute Gasteiger partial charge is 0.344 e. The standard InChI is InChI=1S/C60H87NO28/c1-23(2)59(73)89-58-29(8)82-45(21-60(58,10)74)86-38-18-43(78-25(4)51(38)70)85-37-19-44(79-26(5)50(37)69)88-57-34(56(76-12)48(49(68)24(3)62)61-77-22-40(66)67)15-32-13-31-14-33(16-35(64)46(31)52(71)47(32)53(57)72)84-42-20-39(55(28(7)81-42)83-30(9)63)87-41-17-36(65)54(75-11)27(6)80-41/h13-14,16,23-29,34,36-39,41-45,49-51,54-58,62,64-65,68-71,74H,15,17-22H2,1-12H3,(H,66,67)/b61-48+/t24-,25-,26-,27-,28-,29+,34+,36-,37-,38-,39-,41-,42+,43+,44+,45+,49+,50-,51-,54+,55+,56+,57+,58+,60+/m1/s1. The van der Waals surface area contributed by atoms with E-state index in [1.54, 1.807) is 41.5 Å². The van der Waals surface area contributed by atoms with Gasteiger partial charge in [-0.05, 0) is 78.0 Å². The van der Waals surface area contributed by atoms with Crippen LogP contribution in [0.25, 0.3) is 10.8 Å². The monoisotopic (exact) mass is 1270 g/mol. The van der Waals surface area contributed by atoms with Crippen molar-refractivity contribution in [2.24, 2.45) is 17.0 Å². The number of Topliss-reactive ketones (excluding diaryl/α,β-unsaturated/α-hetero) is 1. The Bertz CT molecular complexity index is 2800. The molecule has 5 saturated heterocycles. The molecule has 0 aromatic heterocycles. The minimum atomic E-state index is -1.88. The molecule has 2 aromatic rings. The van der Waals surface area contributed by atoms with Gasteiger partial charge in [-0.25, -0.2) is 4.79 Å². The summed E-state index contributed by atoms with van der Waals surface area (Å²) >= 11 is 0. The number of benzene rings is 2. The van der Waals surface area contributed by atoms with E-state index < -0.39 is 206 Å². The summed E-state index contributed by atoms with van der Waals surface area (Å²) in [6, 6.07) is 4.17. The van der Waals surface area contributed by atoms with Crippen molar-refractivity contribution in [3.63, 3.8) is 0 Å². The Kier molecular flexibility index (Phi) is 23.0. The van der Waals surface area contributed by atoms with E-state index >= 15 is 4.79 Å². The number of aliphatic hydroxyl groups is 6. The van der Waals surface area contributed by atoms with Crippen molar-refractivity contribution in [3.05, 3.63) is 29.3 Å². The first-order valence-electron chi connectivity index (χ1n) is 30.0. The predicted octanol–water partition coefficient (Wildman–Crippen LogP) is 1.76. The number of methoxy groups -OCH3 is 2. The Morgan fingerprint density at radius 1 is 0.730 bits per heavy atom. The number of carboxylic acid groups (broad SMARTS) is 1. The van der Waals surface area contributed by atoms with Gasteiger partial charge >= 0.3 is 17.9 Å². The third-order valence-corrected chi connectivity index (χ3v) is 17.0. The van der Waals surface area contributed by atoms with Gasteiger partial charge in [0.15, 0.2) is 43.2 Å². The molecule has 0 radical (unpaired) electrons. The van der Waals surface area contributed by atoms with Crippen molar-refractivity contribution in [2.45, 2.75) is 255 Å². The zero-order chi connectivity index (χ0) is 65.2. The van der Waals surface area contributed by atoms with Gasteiger partial charge in [0.05, 0.1) is 71.8 Å². The highest BCUT2D eigenvalue weighted by molar-refractivity contribution is 6.11. The first-order valence-corrected chi connectivity index (χ1v) is 30.0. The van der Waals surface area contributed by atoms with Crippen LogP contribution in [0.5, 0.6) is 17.2 Å². The molecule has 2 aromatic carbocycles. The van der Waals surface area contributed by atoms with Crippen LogP contribution in [0.3, 0.4) is 0 Å². The zero-order valence-corrected chi connectivity index (χ0v) is 51.8. The largest absolute Gasteiger partial charge is 0.507 e. The molecule has 500 valence electrons. The Morgan fingerprint density at radius 2 is 1.29 bits per heavy atom. The van der Waals surface area contributed by atoms with E-state index in [9.17, 15) is 60.3 Å². The molecule has 6 aliphatic rings. The number of nitrogens with zero attached hydrogens (tertiary/aromatic N) is 1. The van der Waals surface area contributed by atoms with Crippen molar-refractivity contribution in [1.82, 2.24) is 0 Å². The summed E-state index contributed by atoms with van der Waals surface area (Å²) in [5.74, 6) is -6.37. The molecule has 1 aliphatic carbocycles. The molecule has 29 nitrogen and oxygen atoms in total. The maximum absolute atomic E-state index is 15.3. The van der Waals surface area contributed by atoms with Gasteiger partial charge in [-0.1, -0.05) is 19.0 Å². The van der Waals surface area contributed by atoms with Crippen molar-refractivity contribution in [1.29, 1.82) is 0 Å². The van der Waals surface area contributed by atoms with E-state index in [4.69, 9.17) is 71.2 Å². The number of carbonyl (C=O) groups excluding carboxylic acids is 3. The summed E-state index contributed by atoms with van der Waals surface area (Å²) in [5.41, 5.74) is -2.17. The highest BCUT2D eigenvalue weighted by atomic mass is 16.7. The lowest BCUT2D eigenvalue weighted by Crippen LogP contribution is -2.59. The van der Waals surface area contributed by atoms with E-state index in [2.05, 4.69) is 5.16 Å². The van der Waals surface area contributed by atoms with Crippen LogP contribution in [0.4, 0.5) is 0 Å². The summed E-state index contributed by atoms with van der Waals surface area (Å²) in [5, 5.41) is 105. The fraction of sp³-hybridized carbons (Fsp3) is 0.750. The number of phenols is 2. The van der Waals surface area contributed by atoms with Crippen LogP contribution in [0, 0.1) is 11.8 Å². The van der Waals surface area contributed by atoms with Crippen LogP contribution < -0.4 is 4.74 Å². The topological polar surface area (TPSA) is 401 Å². The van der Waals surface area contributed by atoms with Crippen LogP contribution >= 0.6 is 0 Å². The van der Waals surface area contributed by atoms with Crippen LogP contribution in [0.2, 0.25) is 0 Å². The Labute approximate surface area is 514 Å². The third kappa shape index (κ3) is 16.1. The molecule has 5 aliphatic heterocycles. The Morgan fingerprint density at radius 3 is 1.87 bits per heavy atom. The second-order valence-corrected chi connectivity index (χ2v) is 24.4. The lowest BCUT2D eigenvalue weighted by molar-refractivity contribution is -0.334. The first kappa shape index (κ1) is 69.9. The number of fused-ring (bicyclic) bond motifs is 2. The molecule has 0 spiro atoms. The van der Waals surface area contributed by atoms with Gasteiger partial charge in [-0.2, -0.15) is 0 Å². The quantitative estimate of drug-likeness (QED) is 0.0461. The Hall–Kier alpha value is -5.03. The number of hydrogen-bond acceptors (Lipinski definition) is 28. The van der Waals surface area contributed by atoms with Gasteiger partial charge in [0, 0.05) is 65.2 Å². The number of phenolic OH excluding ortho intramolecular Hbond substituents is 2. The van der Waals surface area contributed by atoms with E-state index in [0.717, 1.165) is 0 Å². The van der Waals surface area contributed by atoms with Crippen LogP contribution in [-0.4, -0.2) is 243 Å². The fourth-order valence-corrected chi connectivity index (χ4v) is 12.6. The highest BCUT2D eigenvalue weighted by Gasteiger charge is 2.53. The SMILES string of the molecule is CO[C@@H]1[C@H](O)C[C@@H](O[C@@H]2C[C@H](Oc3cc(O)c4c(O)c5c(cc4c3)C[C@@H]([C@H](OC)/C(=N/OCC(=O)O)[C@@H](O)[C@@H](C)O)[C@H](O[C@H]3C[C@@H](O[C@H]4C[C@@H](O[C@H]6C[C@](C)(O)[C@@H](OC(=O)C(C)C)[C@H](C)O6)[C@H](O)[C@@H](C)O4)[C@H](O)[C@@H](C)O3)C5=O)O[C@H](C)[C@@H]2OC(C)=O)O[C@@H]1C. The van der Waals surface area contributed by atoms with Crippen molar-refractivity contribution < 1.29 is 136 Å². The first-order chi connectivity index (χ1) is 41.9. The normalized spacial score (nSPS) is 38.1. The molecule has 25 atom stereocenters. The lowest BCUT2D eigenvalue weighted by Gasteiger charge is -2.47. The predicted molar refractivity (Wildman–Crippen MR) is 303 cm³/mol. The number of carbonyl (C=O) groups is 4. The van der Waals surface area contributed by atoms with Gasteiger partial charge in [0.2, 0.25) is 12.9 Å². The summed E-state index contributed by atoms with van der Waals surface area (Å²) in [7, 11) is 2.66. The molecule has 5 heterocycles. The van der Waals surface area contributed by atoms with E-state index in [1.165, 1.54) is 60.1 Å². The zero-order valence-electron chi connectivity index (χ0n) is 51.8. The summed E-state index contributed by atoms with van der Waals surface area (Å²) < 4.78 is 84.9. The van der Waals surface area contributed by atoms with Gasteiger partial charge < -0.3 is 117 Å². The second-order valence-electron chi connectivity index (χ2n) is 24.4. The summed E-state index contributed by atoms with van der Waals surface area (Å²) in [6.45, 7) is 14.4. The van der Waals surface area contributed by atoms with Gasteiger partial charge in [-0.15, -0.1) is 0 Å². The maximum atomic E-state index is 15.3. The number of esters is 2. The van der Waals surface area contributed by atoms with E-state index in [0.29, 0.717) is 0 Å². The molecule has 0 unspecified atom stereocenters. The van der Waals surface area contributed by atoms with E-state index in [1.807, 2.05) is 0 Å². The molecule has 0 bridgehead atoms. The minimum absolute atomic E-state index is 0.0228. The molecular formula is C60H87NO28. The number of aliphatic hydroxyl groups excluding tert-OH is 5. The molecule has 8 rings (SSSR count). The number of hydrogen-bond donors (Lipinski definition) is 9. The number of aliphatic carboxylic acids is 1. The Balaban J connectivity index is 1.06. The second kappa shape index (κ2) is 29.3. The molecule has 9 N–H and O–H groups in total. The number of ketones is 1. The van der Waals surface area contributed by atoms with Crippen LogP contribution in [0.15, 0.2) is 23.4 Å². The average Bonchev–Trinajstić information content (AvgIpc) is 0.916. The van der Waals surface area contributed by atoms with Gasteiger partial charge in [-0.3, -0.25) is 14.4 Å². The average molecular weight is 1270 g/mol. The van der Waals surface area contributed by atoms with Gasteiger partial charge in [0.25, 0.3) is 0 Å². The van der Waals surface area contributed by atoms with Crippen LogP contribution in [-0.2, 0) is 87.2 Å². The van der Waals surface area contributed by atoms with Crippen molar-refractivity contribution in [3.8, 4) is 17.2 Å². The number of carboxylic acids is 1. The molecule has 89 heavy (non-hydrogen) atoms. The van der Waals surface area contributed by atoms with Crippen molar-refractivity contribution in [2.75, 3.05) is 20.8 Å². The summed E-state index contributed by atoms with van der Waals surface area (Å²) in [6.07, 6.45) is -26.4. The molecule has 29 heteroatoms. The maximum Gasteiger partial charge on any atom is 0.344 e. The number of aromatic hydroxyl groups is 2. The molecular weight excluding hydrogens is 1180 g/mol. The summed E-state index contributed by atoms with van der Waals surface area (Å²) in [4.78, 5) is 56.8.